The molecular formula is C20H24N2O2. The summed E-state index contributed by atoms with van der Waals surface area (Å²) in [6.07, 6.45) is -0.00853. The van der Waals surface area contributed by atoms with E-state index in [2.05, 4.69) is 4.90 Å². The number of β-amino-alcohol motifs (C(OH)–C–C–N with tert-alkyl or cyclic N) is 1. The zero-order valence-electron chi connectivity index (χ0n) is 13.8. The Morgan fingerprint density at radius 1 is 0.917 bits per heavy atom. The fraction of sp³-hybridized carbons (Fsp3) is 0.350. The van der Waals surface area contributed by atoms with E-state index in [1.54, 1.807) is 0 Å². The molecule has 0 aliphatic carbocycles. The van der Waals surface area contributed by atoms with Crippen molar-refractivity contribution in [1.82, 2.24) is 9.80 Å². The van der Waals surface area contributed by atoms with Gasteiger partial charge in [-0.2, -0.15) is 0 Å². The molecule has 126 valence electrons. The average molecular weight is 324 g/mol. The van der Waals surface area contributed by atoms with E-state index in [9.17, 15) is 9.90 Å². The maximum absolute atomic E-state index is 12.4. The van der Waals surface area contributed by atoms with Gasteiger partial charge in [0, 0.05) is 32.7 Å². The van der Waals surface area contributed by atoms with Crippen molar-refractivity contribution in [3.8, 4) is 0 Å². The Labute approximate surface area is 143 Å². The lowest BCUT2D eigenvalue weighted by Crippen LogP contribution is -2.50. The van der Waals surface area contributed by atoms with E-state index in [0.29, 0.717) is 13.0 Å². The predicted molar refractivity (Wildman–Crippen MR) is 94.6 cm³/mol. The van der Waals surface area contributed by atoms with Crippen LogP contribution in [0.2, 0.25) is 0 Å². The average Bonchev–Trinajstić information content (AvgIpc) is 2.64. The molecule has 1 fully saturated rings. The van der Waals surface area contributed by atoms with Crippen LogP contribution in [0.25, 0.3) is 0 Å². The Kier molecular flexibility index (Phi) is 5.62. The van der Waals surface area contributed by atoms with Crippen LogP contribution in [0.3, 0.4) is 0 Å². The van der Waals surface area contributed by atoms with Gasteiger partial charge in [0.1, 0.15) is 0 Å². The first-order chi connectivity index (χ1) is 11.7. The van der Waals surface area contributed by atoms with Crippen LogP contribution in [0, 0.1) is 0 Å². The number of hydrogen-bond donors (Lipinski definition) is 1. The van der Waals surface area contributed by atoms with E-state index in [0.717, 1.165) is 37.3 Å². The van der Waals surface area contributed by atoms with E-state index in [1.807, 2.05) is 65.6 Å². The molecule has 2 aromatic rings. The molecule has 0 spiro atoms. The minimum absolute atomic E-state index is 0.185. The molecule has 2 aromatic carbocycles. The number of piperazine rings is 1. The molecule has 1 amide bonds. The number of aliphatic hydroxyl groups is 1. The summed E-state index contributed by atoms with van der Waals surface area (Å²) in [6.45, 7) is 3.69. The summed E-state index contributed by atoms with van der Waals surface area (Å²) in [4.78, 5) is 16.5. The van der Waals surface area contributed by atoms with Crippen molar-refractivity contribution in [2.45, 2.75) is 12.5 Å². The van der Waals surface area contributed by atoms with Crippen molar-refractivity contribution in [1.29, 1.82) is 0 Å². The number of benzene rings is 2. The minimum Gasteiger partial charge on any atom is -0.387 e. The molecule has 0 radical (unpaired) electrons. The molecule has 1 aliphatic rings. The molecule has 4 nitrogen and oxygen atoms in total. The second-order valence-corrected chi connectivity index (χ2v) is 6.27. The molecule has 1 heterocycles. The lowest BCUT2D eigenvalue weighted by molar-refractivity contribution is -0.132. The van der Waals surface area contributed by atoms with Crippen LogP contribution in [-0.2, 0) is 11.2 Å². The molecule has 24 heavy (non-hydrogen) atoms. The van der Waals surface area contributed by atoms with Gasteiger partial charge in [-0.05, 0) is 11.1 Å². The minimum atomic E-state index is -0.474. The quantitative estimate of drug-likeness (QED) is 0.916. The van der Waals surface area contributed by atoms with Crippen LogP contribution >= 0.6 is 0 Å². The second-order valence-electron chi connectivity index (χ2n) is 6.27. The van der Waals surface area contributed by atoms with Gasteiger partial charge in [0.2, 0.25) is 5.91 Å². The number of carbonyl (C=O) groups excluding carboxylic acids is 1. The molecule has 1 aliphatic heterocycles. The number of carbonyl (C=O) groups is 1. The summed E-state index contributed by atoms with van der Waals surface area (Å²) < 4.78 is 0. The molecule has 1 atom stereocenters. The Morgan fingerprint density at radius 3 is 2.12 bits per heavy atom. The highest BCUT2D eigenvalue weighted by atomic mass is 16.3. The normalized spacial score (nSPS) is 16.8. The third kappa shape index (κ3) is 4.43. The Hall–Kier alpha value is -2.17. The van der Waals surface area contributed by atoms with Crippen molar-refractivity contribution in [3.63, 3.8) is 0 Å². The first kappa shape index (κ1) is 16.7. The maximum atomic E-state index is 12.4. The number of rotatable bonds is 5. The van der Waals surface area contributed by atoms with E-state index >= 15 is 0 Å². The second kappa shape index (κ2) is 8.08. The van der Waals surface area contributed by atoms with Crippen LogP contribution in [0.15, 0.2) is 60.7 Å². The lowest BCUT2D eigenvalue weighted by Gasteiger charge is -2.35. The van der Waals surface area contributed by atoms with Crippen LogP contribution < -0.4 is 0 Å². The number of amides is 1. The van der Waals surface area contributed by atoms with Gasteiger partial charge in [0.25, 0.3) is 0 Å². The van der Waals surface area contributed by atoms with Gasteiger partial charge in [-0.25, -0.2) is 0 Å². The third-order valence-corrected chi connectivity index (χ3v) is 4.54. The fourth-order valence-electron chi connectivity index (χ4n) is 3.09. The van der Waals surface area contributed by atoms with Gasteiger partial charge in [0.15, 0.2) is 0 Å². The van der Waals surface area contributed by atoms with Crippen molar-refractivity contribution < 1.29 is 9.90 Å². The van der Waals surface area contributed by atoms with Crippen molar-refractivity contribution >= 4 is 5.91 Å². The van der Waals surface area contributed by atoms with Crippen LogP contribution in [0.1, 0.15) is 17.2 Å². The lowest BCUT2D eigenvalue weighted by atomic mass is 10.1. The SMILES string of the molecule is O=C(Cc1ccccc1)N1CCN(C[C@H](O)c2ccccc2)CC1. The summed E-state index contributed by atoms with van der Waals surface area (Å²) in [7, 11) is 0. The first-order valence-electron chi connectivity index (χ1n) is 8.49. The highest BCUT2D eigenvalue weighted by Crippen LogP contribution is 2.15. The summed E-state index contributed by atoms with van der Waals surface area (Å²) in [5, 5.41) is 10.3. The third-order valence-electron chi connectivity index (χ3n) is 4.54. The van der Waals surface area contributed by atoms with Gasteiger partial charge in [-0.15, -0.1) is 0 Å². The highest BCUT2D eigenvalue weighted by Gasteiger charge is 2.22. The largest absolute Gasteiger partial charge is 0.387 e. The summed E-state index contributed by atoms with van der Waals surface area (Å²) in [6, 6.07) is 19.6. The van der Waals surface area contributed by atoms with Gasteiger partial charge in [0.05, 0.1) is 12.5 Å². The first-order valence-corrected chi connectivity index (χ1v) is 8.49. The molecule has 0 bridgehead atoms. The fourth-order valence-corrected chi connectivity index (χ4v) is 3.09. The molecule has 0 saturated carbocycles. The van der Waals surface area contributed by atoms with Crippen molar-refractivity contribution in [2.75, 3.05) is 32.7 Å². The van der Waals surface area contributed by atoms with E-state index in [-0.39, 0.29) is 5.91 Å². The van der Waals surface area contributed by atoms with Crippen molar-refractivity contribution in [2.24, 2.45) is 0 Å². The summed E-state index contributed by atoms with van der Waals surface area (Å²) >= 11 is 0. The standard InChI is InChI=1S/C20H24N2O2/c23-19(18-9-5-2-6-10-18)16-21-11-13-22(14-12-21)20(24)15-17-7-3-1-4-8-17/h1-10,19,23H,11-16H2/t19-/m0/s1. The Morgan fingerprint density at radius 2 is 1.50 bits per heavy atom. The highest BCUT2D eigenvalue weighted by molar-refractivity contribution is 5.78. The van der Waals surface area contributed by atoms with Crippen LogP contribution in [-0.4, -0.2) is 53.5 Å². The van der Waals surface area contributed by atoms with E-state index in [4.69, 9.17) is 0 Å². The molecule has 0 aromatic heterocycles. The zero-order chi connectivity index (χ0) is 16.8. The molecule has 1 N–H and O–H groups in total. The molecule has 3 rings (SSSR count). The molecule has 1 saturated heterocycles. The maximum Gasteiger partial charge on any atom is 0.227 e. The number of nitrogens with zero attached hydrogens (tertiary/aromatic N) is 2. The smallest absolute Gasteiger partial charge is 0.227 e. The van der Waals surface area contributed by atoms with Gasteiger partial charge in [-0.3, -0.25) is 9.69 Å². The summed E-state index contributed by atoms with van der Waals surface area (Å²) in [5.41, 5.74) is 2.00. The van der Waals surface area contributed by atoms with Gasteiger partial charge < -0.3 is 10.0 Å². The van der Waals surface area contributed by atoms with E-state index < -0.39 is 6.10 Å². The van der Waals surface area contributed by atoms with Gasteiger partial charge in [-0.1, -0.05) is 60.7 Å². The predicted octanol–water partition coefficient (Wildman–Crippen LogP) is 2.11. The Balaban J connectivity index is 1.46. The van der Waals surface area contributed by atoms with Gasteiger partial charge >= 0.3 is 0 Å². The van der Waals surface area contributed by atoms with Crippen LogP contribution in [0.4, 0.5) is 0 Å². The molecule has 0 unspecified atom stereocenters. The van der Waals surface area contributed by atoms with Crippen molar-refractivity contribution in [3.05, 3.63) is 71.8 Å². The van der Waals surface area contributed by atoms with Crippen LogP contribution in [0.5, 0.6) is 0 Å². The number of aliphatic hydroxyl groups excluding tert-OH is 1. The Bertz CT molecular complexity index is 637. The van der Waals surface area contributed by atoms with E-state index in [1.165, 1.54) is 0 Å². The zero-order valence-corrected chi connectivity index (χ0v) is 13.8. The topological polar surface area (TPSA) is 43.8 Å². The monoisotopic (exact) mass is 324 g/mol. The molecular weight excluding hydrogens is 300 g/mol. The summed E-state index contributed by atoms with van der Waals surface area (Å²) in [5.74, 6) is 0.185. The molecule has 4 heteroatoms. The number of hydrogen-bond acceptors (Lipinski definition) is 3.